The Morgan fingerprint density at radius 1 is 1.22 bits per heavy atom. The Hall–Kier alpha value is -1.39. The van der Waals surface area contributed by atoms with Crippen LogP contribution in [0.1, 0.15) is 17.5 Å². The van der Waals surface area contributed by atoms with Crippen molar-refractivity contribution in [1.82, 2.24) is 4.90 Å². The van der Waals surface area contributed by atoms with Crippen molar-refractivity contribution in [2.24, 2.45) is 0 Å². The summed E-state index contributed by atoms with van der Waals surface area (Å²) in [6, 6.07) is 8.11. The largest absolute Gasteiger partial charge is 0.388 e. The number of β-amino-alcohol motifs (C(OH)–C–C–N with tert-alkyl or cyclic N) is 2. The standard InChI is InChI=1S/C14H19NO3/c1-10-2-4-11(5-3-10)6-7-14(18)15-8-12(16)13(17)9-15/h2-5,12-13,16-17H,6-9H2,1H3/t12-,13+. The number of carbonyl (C=O) groups excluding carboxylic acids is 1. The zero-order chi connectivity index (χ0) is 13.1. The van der Waals surface area contributed by atoms with Crippen molar-refractivity contribution in [2.75, 3.05) is 13.1 Å². The molecule has 1 aromatic rings. The van der Waals surface area contributed by atoms with Gasteiger partial charge in [-0.1, -0.05) is 29.8 Å². The minimum Gasteiger partial charge on any atom is -0.388 e. The number of aliphatic hydroxyl groups is 2. The van der Waals surface area contributed by atoms with E-state index in [0.29, 0.717) is 12.8 Å². The number of benzene rings is 1. The summed E-state index contributed by atoms with van der Waals surface area (Å²) in [4.78, 5) is 13.4. The predicted octanol–water partition coefficient (Wildman–Crippen LogP) is 0.492. The first-order valence-corrected chi connectivity index (χ1v) is 6.25. The molecule has 2 N–H and O–H groups in total. The van der Waals surface area contributed by atoms with Gasteiger partial charge >= 0.3 is 0 Å². The fourth-order valence-corrected chi connectivity index (χ4v) is 2.14. The quantitative estimate of drug-likeness (QED) is 0.819. The average molecular weight is 249 g/mol. The number of amides is 1. The van der Waals surface area contributed by atoms with E-state index < -0.39 is 12.2 Å². The number of nitrogens with zero attached hydrogens (tertiary/aromatic N) is 1. The van der Waals surface area contributed by atoms with Gasteiger partial charge in [0.2, 0.25) is 5.91 Å². The van der Waals surface area contributed by atoms with Crippen LogP contribution >= 0.6 is 0 Å². The molecule has 18 heavy (non-hydrogen) atoms. The predicted molar refractivity (Wildman–Crippen MR) is 68.1 cm³/mol. The van der Waals surface area contributed by atoms with Gasteiger partial charge in [0.1, 0.15) is 0 Å². The van der Waals surface area contributed by atoms with Crippen LogP contribution in [-0.2, 0) is 11.2 Å². The van der Waals surface area contributed by atoms with Gasteiger partial charge in [-0.15, -0.1) is 0 Å². The van der Waals surface area contributed by atoms with Gasteiger partial charge in [-0.05, 0) is 18.9 Å². The molecule has 1 heterocycles. The molecule has 1 aromatic carbocycles. The molecular formula is C14H19NO3. The number of carbonyl (C=O) groups is 1. The van der Waals surface area contributed by atoms with Gasteiger partial charge in [-0.25, -0.2) is 0 Å². The van der Waals surface area contributed by atoms with Crippen molar-refractivity contribution in [2.45, 2.75) is 32.0 Å². The van der Waals surface area contributed by atoms with Crippen molar-refractivity contribution < 1.29 is 15.0 Å². The fraction of sp³-hybridized carbons (Fsp3) is 0.500. The second-order valence-electron chi connectivity index (χ2n) is 4.92. The summed E-state index contributed by atoms with van der Waals surface area (Å²) in [6.45, 7) is 2.52. The van der Waals surface area contributed by atoms with Crippen LogP contribution in [0.4, 0.5) is 0 Å². The summed E-state index contributed by atoms with van der Waals surface area (Å²) in [7, 11) is 0. The Balaban J connectivity index is 1.83. The van der Waals surface area contributed by atoms with E-state index in [1.54, 1.807) is 0 Å². The van der Waals surface area contributed by atoms with E-state index >= 15 is 0 Å². The molecule has 0 bridgehead atoms. The topological polar surface area (TPSA) is 60.8 Å². The van der Waals surface area contributed by atoms with E-state index in [1.807, 2.05) is 31.2 Å². The van der Waals surface area contributed by atoms with Crippen LogP contribution in [-0.4, -0.2) is 46.3 Å². The first-order valence-electron chi connectivity index (χ1n) is 6.25. The van der Waals surface area contributed by atoms with Gasteiger partial charge in [0.15, 0.2) is 0 Å². The second-order valence-corrected chi connectivity index (χ2v) is 4.92. The smallest absolute Gasteiger partial charge is 0.223 e. The average Bonchev–Trinajstić information content (AvgIpc) is 2.69. The normalized spacial score (nSPS) is 23.4. The third-order valence-corrected chi connectivity index (χ3v) is 3.36. The van der Waals surface area contributed by atoms with E-state index in [2.05, 4.69) is 0 Å². The van der Waals surface area contributed by atoms with E-state index in [9.17, 15) is 15.0 Å². The minimum absolute atomic E-state index is 0.00817. The van der Waals surface area contributed by atoms with Crippen LogP contribution in [0.5, 0.6) is 0 Å². The van der Waals surface area contributed by atoms with Gasteiger partial charge in [0, 0.05) is 19.5 Å². The highest BCUT2D eigenvalue weighted by atomic mass is 16.3. The van der Waals surface area contributed by atoms with Crippen LogP contribution in [0.2, 0.25) is 0 Å². The van der Waals surface area contributed by atoms with Gasteiger partial charge in [0.25, 0.3) is 0 Å². The van der Waals surface area contributed by atoms with Crippen LogP contribution < -0.4 is 0 Å². The molecule has 0 spiro atoms. The molecule has 0 aliphatic carbocycles. The highest BCUT2D eigenvalue weighted by Crippen LogP contribution is 2.13. The van der Waals surface area contributed by atoms with E-state index in [0.717, 1.165) is 5.56 Å². The number of aryl methyl sites for hydroxylation is 2. The zero-order valence-corrected chi connectivity index (χ0v) is 10.5. The summed E-state index contributed by atoms with van der Waals surface area (Å²) in [5.74, 6) is -0.00817. The lowest BCUT2D eigenvalue weighted by Gasteiger charge is -2.15. The van der Waals surface area contributed by atoms with E-state index in [4.69, 9.17) is 0 Å². The fourth-order valence-electron chi connectivity index (χ4n) is 2.14. The molecule has 0 radical (unpaired) electrons. The lowest BCUT2D eigenvalue weighted by atomic mass is 10.1. The molecule has 98 valence electrons. The molecule has 1 saturated heterocycles. The van der Waals surface area contributed by atoms with Crippen molar-refractivity contribution in [3.8, 4) is 0 Å². The summed E-state index contributed by atoms with van der Waals surface area (Å²) >= 11 is 0. The molecule has 4 heteroatoms. The summed E-state index contributed by atoms with van der Waals surface area (Å²) < 4.78 is 0. The Bertz CT molecular complexity index is 406. The first-order chi connectivity index (χ1) is 8.56. The maximum Gasteiger partial charge on any atom is 0.223 e. The second kappa shape index (κ2) is 5.50. The summed E-state index contributed by atoms with van der Waals surface area (Å²) in [5.41, 5.74) is 2.34. The molecule has 1 aliphatic heterocycles. The van der Waals surface area contributed by atoms with E-state index in [1.165, 1.54) is 10.5 Å². The van der Waals surface area contributed by atoms with Crippen LogP contribution in [0.15, 0.2) is 24.3 Å². The molecule has 0 aromatic heterocycles. The lowest BCUT2D eigenvalue weighted by Crippen LogP contribution is -2.29. The van der Waals surface area contributed by atoms with Crippen molar-refractivity contribution >= 4 is 5.91 Å². The maximum atomic E-state index is 11.9. The Morgan fingerprint density at radius 2 is 1.78 bits per heavy atom. The van der Waals surface area contributed by atoms with Crippen LogP contribution in [0.25, 0.3) is 0 Å². The Labute approximate surface area is 107 Å². The molecule has 0 unspecified atom stereocenters. The summed E-state index contributed by atoms with van der Waals surface area (Å²) in [5, 5.41) is 18.8. The number of rotatable bonds is 3. The first kappa shape index (κ1) is 13.1. The highest BCUT2D eigenvalue weighted by Gasteiger charge is 2.31. The summed E-state index contributed by atoms with van der Waals surface area (Å²) in [6.07, 6.45) is -0.480. The highest BCUT2D eigenvalue weighted by molar-refractivity contribution is 5.76. The molecule has 4 nitrogen and oxygen atoms in total. The molecule has 1 aliphatic rings. The van der Waals surface area contributed by atoms with Gasteiger partial charge in [-0.2, -0.15) is 0 Å². The van der Waals surface area contributed by atoms with E-state index in [-0.39, 0.29) is 19.0 Å². The number of hydrogen-bond donors (Lipinski definition) is 2. The SMILES string of the molecule is Cc1ccc(CCC(=O)N2C[C@@H](O)[C@@H](O)C2)cc1. The third kappa shape index (κ3) is 3.09. The number of likely N-dealkylation sites (tertiary alicyclic amines) is 1. The lowest BCUT2D eigenvalue weighted by molar-refractivity contribution is -0.130. The van der Waals surface area contributed by atoms with Crippen molar-refractivity contribution in [1.29, 1.82) is 0 Å². The zero-order valence-electron chi connectivity index (χ0n) is 10.5. The Kier molecular flexibility index (Phi) is 3.99. The molecule has 2 rings (SSSR count). The van der Waals surface area contributed by atoms with Crippen molar-refractivity contribution in [3.63, 3.8) is 0 Å². The molecular weight excluding hydrogens is 230 g/mol. The number of hydrogen-bond acceptors (Lipinski definition) is 3. The van der Waals surface area contributed by atoms with Crippen LogP contribution in [0.3, 0.4) is 0 Å². The minimum atomic E-state index is -0.798. The van der Waals surface area contributed by atoms with Gasteiger partial charge in [-0.3, -0.25) is 4.79 Å². The van der Waals surface area contributed by atoms with Gasteiger partial charge in [0.05, 0.1) is 12.2 Å². The molecule has 1 amide bonds. The molecule has 2 atom stereocenters. The maximum absolute atomic E-state index is 11.9. The monoisotopic (exact) mass is 249 g/mol. The molecule has 0 saturated carbocycles. The van der Waals surface area contributed by atoms with Gasteiger partial charge < -0.3 is 15.1 Å². The molecule has 1 fully saturated rings. The number of aliphatic hydroxyl groups excluding tert-OH is 2. The Morgan fingerprint density at radius 3 is 2.33 bits per heavy atom. The van der Waals surface area contributed by atoms with Crippen LogP contribution in [0, 0.1) is 6.92 Å². The van der Waals surface area contributed by atoms with Crippen molar-refractivity contribution in [3.05, 3.63) is 35.4 Å². The third-order valence-electron chi connectivity index (χ3n) is 3.36.